The van der Waals surface area contributed by atoms with Crippen LogP contribution in [-0.4, -0.2) is 11.7 Å². The molecule has 0 radical (unpaired) electrons. The summed E-state index contributed by atoms with van der Waals surface area (Å²) in [5.74, 6) is 1.48. The first-order valence-corrected chi connectivity index (χ1v) is 5.68. The number of ether oxygens (including phenoxy) is 1. The van der Waals surface area contributed by atoms with Crippen molar-refractivity contribution in [1.82, 2.24) is 4.57 Å². The van der Waals surface area contributed by atoms with E-state index in [2.05, 4.69) is 50.7 Å². The zero-order valence-electron chi connectivity index (χ0n) is 10.7. The van der Waals surface area contributed by atoms with E-state index in [1.54, 1.807) is 7.11 Å². The molecule has 2 nitrogen and oxygen atoms in total. The van der Waals surface area contributed by atoms with Crippen LogP contribution in [0, 0.1) is 6.92 Å². The van der Waals surface area contributed by atoms with Crippen LogP contribution in [0.1, 0.15) is 30.9 Å². The van der Waals surface area contributed by atoms with Crippen molar-refractivity contribution in [2.24, 2.45) is 7.05 Å². The number of nitrogens with zero attached hydrogens (tertiary/aromatic N) is 1. The fourth-order valence-electron chi connectivity index (χ4n) is 2.25. The average Bonchev–Trinajstić information content (AvgIpc) is 2.52. The lowest BCUT2D eigenvalue weighted by Crippen LogP contribution is -1.95. The number of rotatable bonds is 2. The Labute approximate surface area is 96.8 Å². The molecule has 0 spiro atoms. The maximum atomic E-state index is 5.47. The molecule has 0 unspecified atom stereocenters. The minimum Gasteiger partial charge on any atom is -0.496 e. The van der Waals surface area contributed by atoms with Crippen LogP contribution in [0.3, 0.4) is 0 Å². The van der Waals surface area contributed by atoms with Gasteiger partial charge < -0.3 is 9.30 Å². The van der Waals surface area contributed by atoms with E-state index in [1.165, 1.54) is 22.0 Å². The summed E-state index contributed by atoms with van der Waals surface area (Å²) in [7, 11) is 3.83. The van der Waals surface area contributed by atoms with E-state index in [4.69, 9.17) is 4.74 Å². The SMILES string of the molecule is COc1cc2c(C)cn(C)c2cc1C(C)C. The van der Waals surface area contributed by atoms with E-state index in [0.29, 0.717) is 5.92 Å². The molecule has 2 heteroatoms. The second kappa shape index (κ2) is 3.85. The highest BCUT2D eigenvalue weighted by Crippen LogP contribution is 2.33. The molecule has 16 heavy (non-hydrogen) atoms. The van der Waals surface area contributed by atoms with Gasteiger partial charge in [-0.05, 0) is 36.1 Å². The summed E-state index contributed by atoms with van der Waals surface area (Å²) in [6.07, 6.45) is 2.16. The molecule has 0 atom stereocenters. The van der Waals surface area contributed by atoms with Gasteiger partial charge in [-0.25, -0.2) is 0 Å². The highest BCUT2D eigenvalue weighted by atomic mass is 16.5. The number of aromatic nitrogens is 1. The van der Waals surface area contributed by atoms with Crippen LogP contribution in [0.4, 0.5) is 0 Å². The van der Waals surface area contributed by atoms with Crippen LogP contribution in [0.2, 0.25) is 0 Å². The molecule has 86 valence electrons. The molecule has 0 saturated heterocycles. The second-order valence-electron chi connectivity index (χ2n) is 4.69. The first-order valence-electron chi connectivity index (χ1n) is 5.68. The van der Waals surface area contributed by atoms with Crippen LogP contribution in [0.15, 0.2) is 18.3 Å². The molecule has 0 saturated carbocycles. The van der Waals surface area contributed by atoms with Crippen molar-refractivity contribution in [1.29, 1.82) is 0 Å². The molecule has 1 aromatic heterocycles. The van der Waals surface area contributed by atoms with Crippen LogP contribution < -0.4 is 4.74 Å². The minimum absolute atomic E-state index is 0.481. The Morgan fingerprint density at radius 1 is 1.25 bits per heavy atom. The Morgan fingerprint density at radius 2 is 1.94 bits per heavy atom. The predicted octanol–water partition coefficient (Wildman–Crippen LogP) is 3.62. The van der Waals surface area contributed by atoms with Crippen molar-refractivity contribution < 1.29 is 4.74 Å². The van der Waals surface area contributed by atoms with Crippen molar-refractivity contribution in [2.45, 2.75) is 26.7 Å². The van der Waals surface area contributed by atoms with Crippen molar-refractivity contribution in [2.75, 3.05) is 7.11 Å². The average molecular weight is 217 g/mol. The largest absolute Gasteiger partial charge is 0.496 e. The molecule has 2 rings (SSSR count). The van der Waals surface area contributed by atoms with Crippen LogP contribution in [-0.2, 0) is 7.05 Å². The Hall–Kier alpha value is -1.44. The van der Waals surface area contributed by atoms with Crippen molar-refractivity contribution in [3.05, 3.63) is 29.5 Å². The molecule has 0 aliphatic heterocycles. The molecule has 0 N–H and O–H groups in total. The van der Waals surface area contributed by atoms with Gasteiger partial charge in [-0.15, -0.1) is 0 Å². The number of hydrogen-bond donors (Lipinski definition) is 0. The van der Waals surface area contributed by atoms with Crippen molar-refractivity contribution in [3.63, 3.8) is 0 Å². The summed E-state index contributed by atoms with van der Waals surface area (Å²) >= 11 is 0. The van der Waals surface area contributed by atoms with Crippen molar-refractivity contribution >= 4 is 10.9 Å². The third kappa shape index (κ3) is 1.58. The maximum absolute atomic E-state index is 5.47. The monoisotopic (exact) mass is 217 g/mol. The van der Waals surface area contributed by atoms with Gasteiger partial charge in [-0.3, -0.25) is 0 Å². The van der Waals surface area contributed by atoms with Crippen LogP contribution >= 0.6 is 0 Å². The Kier molecular flexibility index (Phi) is 2.66. The molecule has 1 heterocycles. The molecule has 0 bridgehead atoms. The molecular formula is C14H19NO. The van der Waals surface area contributed by atoms with E-state index in [1.807, 2.05) is 0 Å². The van der Waals surface area contributed by atoms with E-state index in [9.17, 15) is 0 Å². The van der Waals surface area contributed by atoms with Gasteiger partial charge in [0.2, 0.25) is 0 Å². The normalized spacial score (nSPS) is 11.4. The number of hydrogen-bond acceptors (Lipinski definition) is 1. The summed E-state index contributed by atoms with van der Waals surface area (Å²) in [6.45, 7) is 6.52. The fraction of sp³-hybridized carbons (Fsp3) is 0.429. The van der Waals surface area contributed by atoms with Gasteiger partial charge in [-0.1, -0.05) is 13.8 Å². The number of fused-ring (bicyclic) bond motifs is 1. The second-order valence-corrected chi connectivity index (χ2v) is 4.69. The maximum Gasteiger partial charge on any atom is 0.123 e. The molecular weight excluding hydrogens is 198 g/mol. The molecule has 0 amide bonds. The fourth-order valence-corrected chi connectivity index (χ4v) is 2.25. The summed E-state index contributed by atoms with van der Waals surface area (Å²) < 4.78 is 7.65. The highest BCUT2D eigenvalue weighted by Gasteiger charge is 2.12. The molecule has 1 aromatic carbocycles. The lowest BCUT2D eigenvalue weighted by atomic mass is 10.00. The summed E-state index contributed by atoms with van der Waals surface area (Å²) in [6, 6.07) is 4.39. The van der Waals surface area contributed by atoms with Gasteiger partial charge >= 0.3 is 0 Å². The summed E-state index contributed by atoms with van der Waals surface area (Å²) in [5, 5.41) is 1.28. The first-order chi connectivity index (χ1) is 7.54. The smallest absolute Gasteiger partial charge is 0.123 e. The molecule has 0 aliphatic rings. The van der Waals surface area contributed by atoms with Crippen LogP contribution in [0.5, 0.6) is 5.75 Å². The predicted molar refractivity (Wildman–Crippen MR) is 68.3 cm³/mol. The van der Waals surface area contributed by atoms with Gasteiger partial charge in [0.25, 0.3) is 0 Å². The van der Waals surface area contributed by atoms with Crippen molar-refractivity contribution in [3.8, 4) is 5.75 Å². The third-order valence-electron chi connectivity index (χ3n) is 3.16. The lowest BCUT2D eigenvalue weighted by molar-refractivity contribution is 0.408. The van der Waals surface area contributed by atoms with Crippen LogP contribution in [0.25, 0.3) is 10.9 Å². The van der Waals surface area contributed by atoms with E-state index < -0.39 is 0 Å². The third-order valence-corrected chi connectivity index (χ3v) is 3.16. The molecule has 2 aromatic rings. The highest BCUT2D eigenvalue weighted by molar-refractivity contribution is 5.86. The topological polar surface area (TPSA) is 14.2 Å². The lowest BCUT2D eigenvalue weighted by Gasteiger charge is -2.12. The first kappa shape index (κ1) is 11.1. The summed E-state index contributed by atoms with van der Waals surface area (Å²) in [4.78, 5) is 0. The Bertz CT molecular complexity index is 523. The van der Waals surface area contributed by atoms with Gasteiger partial charge in [-0.2, -0.15) is 0 Å². The van der Waals surface area contributed by atoms with Gasteiger partial charge in [0.15, 0.2) is 0 Å². The zero-order valence-corrected chi connectivity index (χ0v) is 10.7. The summed E-state index contributed by atoms with van der Waals surface area (Å²) in [5.41, 5.74) is 3.85. The quantitative estimate of drug-likeness (QED) is 0.749. The van der Waals surface area contributed by atoms with E-state index in [-0.39, 0.29) is 0 Å². The van der Waals surface area contributed by atoms with Gasteiger partial charge in [0, 0.05) is 24.1 Å². The number of benzene rings is 1. The Morgan fingerprint density at radius 3 is 2.50 bits per heavy atom. The minimum atomic E-state index is 0.481. The number of aryl methyl sites for hydroxylation is 2. The Balaban J connectivity index is 2.77. The molecule has 0 fully saturated rings. The number of methoxy groups -OCH3 is 1. The van der Waals surface area contributed by atoms with Gasteiger partial charge in [0.1, 0.15) is 5.75 Å². The standard InChI is InChI=1S/C14H19NO/c1-9(2)11-6-13-12(7-14(11)16-5)10(3)8-15(13)4/h6-9H,1-5H3. The van der Waals surface area contributed by atoms with E-state index >= 15 is 0 Å². The zero-order chi connectivity index (χ0) is 11.9. The van der Waals surface area contributed by atoms with Gasteiger partial charge in [0.05, 0.1) is 7.11 Å². The molecule has 0 aliphatic carbocycles. The van der Waals surface area contributed by atoms with E-state index in [0.717, 1.165) is 5.75 Å².